The Hall–Kier alpha value is -1.62. The quantitative estimate of drug-likeness (QED) is 0.836. The summed E-state index contributed by atoms with van der Waals surface area (Å²) in [5.41, 5.74) is 0. The summed E-state index contributed by atoms with van der Waals surface area (Å²) in [6.07, 6.45) is 5.70. The van der Waals surface area contributed by atoms with Crippen LogP contribution in [0, 0.1) is 0 Å². The van der Waals surface area contributed by atoms with E-state index in [0.29, 0.717) is 6.04 Å². The SMILES string of the molecule is CCCC(Nc1cncc(NC)n1)c1cccs1. The number of anilines is 2. The summed E-state index contributed by atoms with van der Waals surface area (Å²) in [5, 5.41) is 8.56. The van der Waals surface area contributed by atoms with Crippen LogP contribution in [0.1, 0.15) is 30.7 Å². The minimum Gasteiger partial charge on any atom is -0.372 e. The highest BCUT2D eigenvalue weighted by atomic mass is 32.1. The number of aromatic nitrogens is 2. The Kier molecular flexibility index (Phi) is 4.52. The Bertz CT molecular complexity index is 470. The molecule has 5 heteroatoms. The normalized spacial score (nSPS) is 12.1. The summed E-state index contributed by atoms with van der Waals surface area (Å²) >= 11 is 1.77. The van der Waals surface area contributed by atoms with Gasteiger partial charge < -0.3 is 10.6 Å². The van der Waals surface area contributed by atoms with Gasteiger partial charge >= 0.3 is 0 Å². The van der Waals surface area contributed by atoms with E-state index in [9.17, 15) is 0 Å². The monoisotopic (exact) mass is 262 g/mol. The molecule has 0 aliphatic rings. The van der Waals surface area contributed by atoms with Crippen LogP contribution in [-0.4, -0.2) is 17.0 Å². The first kappa shape index (κ1) is 12.8. The lowest BCUT2D eigenvalue weighted by atomic mass is 10.1. The van der Waals surface area contributed by atoms with Gasteiger partial charge in [-0.05, 0) is 17.9 Å². The third-order valence-electron chi connectivity index (χ3n) is 2.68. The van der Waals surface area contributed by atoms with Gasteiger partial charge in [-0.2, -0.15) is 0 Å². The molecule has 0 aromatic carbocycles. The molecule has 0 saturated carbocycles. The third-order valence-corrected chi connectivity index (χ3v) is 3.66. The van der Waals surface area contributed by atoms with Crippen molar-refractivity contribution in [2.45, 2.75) is 25.8 Å². The fourth-order valence-electron chi connectivity index (χ4n) is 1.80. The van der Waals surface area contributed by atoms with Crippen LogP contribution in [0.15, 0.2) is 29.9 Å². The predicted molar refractivity (Wildman–Crippen MR) is 77.2 cm³/mol. The average molecular weight is 262 g/mol. The fraction of sp³-hybridized carbons (Fsp3) is 0.385. The molecular weight excluding hydrogens is 244 g/mol. The second kappa shape index (κ2) is 6.35. The topological polar surface area (TPSA) is 49.8 Å². The van der Waals surface area contributed by atoms with Crippen molar-refractivity contribution in [1.29, 1.82) is 0 Å². The molecule has 0 radical (unpaired) electrons. The number of nitrogens with one attached hydrogen (secondary N) is 2. The van der Waals surface area contributed by atoms with E-state index in [1.807, 2.05) is 7.05 Å². The predicted octanol–water partition coefficient (Wildman–Crippen LogP) is 3.53. The number of nitrogens with zero attached hydrogens (tertiary/aromatic N) is 2. The molecule has 1 unspecified atom stereocenters. The second-order valence-corrected chi connectivity index (χ2v) is 5.02. The Morgan fingerprint density at radius 3 is 2.83 bits per heavy atom. The highest BCUT2D eigenvalue weighted by molar-refractivity contribution is 7.10. The molecule has 4 nitrogen and oxygen atoms in total. The molecule has 2 aromatic rings. The molecule has 0 fully saturated rings. The molecule has 0 aliphatic heterocycles. The standard InChI is InChI=1S/C13H18N4S/c1-3-5-10(11-6-4-7-18-11)16-13-9-15-8-12(14-2)17-13/h4,6-10H,3,5H2,1-2H3,(H2,14,16,17). The van der Waals surface area contributed by atoms with Gasteiger partial charge in [-0.1, -0.05) is 19.4 Å². The summed E-state index contributed by atoms with van der Waals surface area (Å²) in [5.74, 6) is 1.59. The van der Waals surface area contributed by atoms with Gasteiger partial charge in [0.15, 0.2) is 0 Å². The van der Waals surface area contributed by atoms with E-state index < -0.39 is 0 Å². The molecule has 0 saturated heterocycles. The van der Waals surface area contributed by atoms with Crippen molar-refractivity contribution in [1.82, 2.24) is 9.97 Å². The van der Waals surface area contributed by atoms with Crippen LogP contribution < -0.4 is 10.6 Å². The van der Waals surface area contributed by atoms with E-state index in [1.54, 1.807) is 23.7 Å². The molecule has 0 amide bonds. The van der Waals surface area contributed by atoms with Crippen molar-refractivity contribution < 1.29 is 0 Å². The maximum absolute atomic E-state index is 4.44. The van der Waals surface area contributed by atoms with E-state index >= 15 is 0 Å². The van der Waals surface area contributed by atoms with Gasteiger partial charge in [0, 0.05) is 11.9 Å². The smallest absolute Gasteiger partial charge is 0.147 e. The third kappa shape index (κ3) is 3.20. The van der Waals surface area contributed by atoms with Crippen LogP contribution in [0.5, 0.6) is 0 Å². The lowest BCUT2D eigenvalue weighted by Gasteiger charge is -2.17. The highest BCUT2D eigenvalue weighted by Crippen LogP contribution is 2.26. The first-order valence-corrected chi connectivity index (χ1v) is 7.01. The zero-order chi connectivity index (χ0) is 12.8. The van der Waals surface area contributed by atoms with E-state index in [2.05, 4.69) is 45.0 Å². The average Bonchev–Trinajstić information content (AvgIpc) is 2.92. The molecular formula is C13H18N4S. The van der Waals surface area contributed by atoms with Crippen LogP contribution >= 0.6 is 11.3 Å². The molecule has 2 aromatic heterocycles. The van der Waals surface area contributed by atoms with E-state index in [0.717, 1.165) is 24.5 Å². The van der Waals surface area contributed by atoms with Crippen LogP contribution in [0.2, 0.25) is 0 Å². The summed E-state index contributed by atoms with van der Waals surface area (Å²) in [7, 11) is 1.84. The molecule has 2 heterocycles. The van der Waals surface area contributed by atoms with Crippen molar-refractivity contribution in [2.75, 3.05) is 17.7 Å². The minimum absolute atomic E-state index is 0.316. The van der Waals surface area contributed by atoms with Crippen molar-refractivity contribution in [3.63, 3.8) is 0 Å². The molecule has 1 atom stereocenters. The summed E-state index contributed by atoms with van der Waals surface area (Å²) in [6.45, 7) is 2.19. The van der Waals surface area contributed by atoms with Crippen molar-refractivity contribution >= 4 is 23.0 Å². The number of rotatable bonds is 6. The van der Waals surface area contributed by atoms with Crippen molar-refractivity contribution in [2.24, 2.45) is 0 Å². The zero-order valence-electron chi connectivity index (χ0n) is 10.7. The number of hydrogen-bond donors (Lipinski definition) is 2. The Morgan fingerprint density at radius 1 is 1.33 bits per heavy atom. The highest BCUT2D eigenvalue weighted by Gasteiger charge is 2.12. The Labute approximate surface area is 111 Å². The van der Waals surface area contributed by atoms with Gasteiger partial charge in [0.05, 0.1) is 18.4 Å². The molecule has 0 spiro atoms. The van der Waals surface area contributed by atoms with E-state index in [4.69, 9.17) is 0 Å². The zero-order valence-corrected chi connectivity index (χ0v) is 11.5. The second-order valence-electron chi connectivity index (χ2n) is 4.04. The van der Waals surface area contributed by atoms with Crippen LogP contribution in [0.25, 0.3) is 0 Å². The van der Waals surface area contributed by atoms with Crippen LogP contribution in [0.3, 0.4) is 0 Å². The maximum atomic E-state index is 4.44. The van der Waals surface area contributed by atoms with Gasteiger partial charge in [0.1, 0.15) is 11.6 Å². The fourth-order valence-corrected chi connectivity index (χ4v) is 2.61. The van der Waals surface area contributed by atoms with Gasteiger partial charge in [0.25, 0.3) is 0 Å². The van der Waals surface area contributed by atoms with Gasteiger partial charge in [0.2, 0.25) is 0 Å². The maximum Gasteiger partial charge on any atom is 0.147 e. The molecule has 96 valence electrons. The van der Waals surface area contributed by atoms with E-state index in [-0.39, 0.29) is 0 Å². The number of hydrogen-bond acceptors (Lipinski definition) is 5. The Balaban J connectivity index is 2.13. The Morgan fingerprint density at radius 2 is 2.17 bits per heavy atom. The lowest BCUT2D eigenvalue weighted by Crippen LogP contribution is -2.11. The van der Waals surface area contributed by atoms with Gasteiger partial charge in [-0.25, -0.2) is 4.98 Å². The minimum atomic E-state index is 0.316. The summed E-state index contributed by atoms with van der Waals surface area (Å²) < 4.78 is 0. The molecule has 2 rings (SSSR count). The van der Waals surface area contributed by atoms with Crippen molar-refractivity contribution in [3.8, 4) is 0 Å². The lowest BCUT2D eigenvalue weighted by molar-refractivity contribution is 0.684. The van der Waals surface area contributed by atoms with Gasteiger partial charge in [-0.3, -0.25) is 4.98 Å². The first-order chi connectivity index (χ1) is 8.83. The molecule has 0 bridgehead atoms. The molecule has 18 heavy (non-hydrogen) atoms. The van der Waals surface area contributed by atoms with Crippen LogP contribution in [-0.2, 0) is 0 Å². The molecule has 2 N–H and O–H groups in total. The van der Waals surface area contributed by atoms with Crippen molar-refractivity contribution in [3.05, 3.63) is 34.8 Å². The van der Waals surface area contributed by atoms with Gasteiger partial charge in [-0.15, -0.1) is 11.3 Å². The summed E-state index contributed by atoms with van der Waals surface area (Å²) in [4.78, 5) is 9.95. The molecule has 0 aliphatic carbocycles. The number of thiophene rings is 1. The summed E-state index contributed by atoms with van der Waals surface area (Å²) in [6, 6.07) is 4.56. The first-order valence-electron chi connectivity index (χ1n) is 6.13. The van der Waals surface area contributed by atoms with Crippen LogP contribution in [0.4, 0.5) is 11.6 Å². The largest absolute Gasteiger partial charge is 0.372 e. The van der Waals surface area contributed by atoms with E-state index in [1.165, 1.54) is 4.88 Å².